The van der Waals surface area contributed by atoms with Gasteiger partial charge in [-0.05, 0) is 30.4 Å². The maximum absolute atomic E-state index is 9.73. The molecule has 2 rings (SSSR count). The highest BCUT2D eigenvalue weighted by Gasteiger charge is 2.19. The number of aromatic hydroxyl groups is 1. The summed E-state index contributed by atoms with van der Waals surface area (Å²) in [7, 11) is 1.58. The molecule has 88 valence electrons. The number of benzene rings is 1. The van der Waals surface area contributed by atoms with Gasteiger partial charge in [0, 0.05) is 6.07 Å². The summed E-state index contributed by atoms with van der Waals surface area (Å²) in [4.78, 5) is 0. The molecule has 1 fully saturated rings. The van der Waals surface area contributed by atoms with E-state index >= 15 is 0 Å². The third kappa shape index (κ3) is 2.14. The molecule has 0 aromatic heterocycles. The van der Waals surface area contributed by atoms with Crippen molar-refractivity contribution in [2.45, 2.75) is 38.0 Å². The van der Waals surface area contributed by atoms with Crippen LogP contribution in [-0.4, -0.2) is 12.2 Å². The lowest BCUT2D eigenvalue weighted by atomic mass is 9.84. The van der Waals surface area contributed by atoms with E-state index in [1.165, 1.54) is 37.7 Å². The fourth-order valence-electron chi connectivity index (χ4n) is 2.52. The van der Waals surface area contributed by atoms with Crippen LogP contribution in [0.3, 0.4) is 0 Å². The molecule has 1 aliphatic carbocycles. The van der Waals surface area contributed by atoms with Crippen LogP contribution in [-0.2, 0) is 0 Å². The van der Waals surface area contributed by atoms with E-state index < -0.39 is 0 Å². The van der Waals surface area contributed by atoms with E-state index in [2.05, 4.69) is 5.73 Å². The van der Waals surface area contributed by atoms with Crippen LogP contribution < -0.4 is 10.5 Å². The highest BCUT2D eigenvalue weighted by molar-refractivity contribution is 5.56. The van der Waals surface area contributed by atoms with Gasteiger partial charge in [-0.1, -0.05) is 19.3 Å². The standard InChI is InChI=1S/C13H19NO2/c1-16-12-8-10(7-11(14)13(12)15)9-5-3-2-4-6-9/h7-9,15H,2-6,14H2,1H3/p+1. The molecule has 0 aliphatic heterocycles. The third-order valence-electron chi connectivity index (χ3n) is 3.47. The zero-order valence-corrected chi connectivity index (χ0v) is 9.83. The van der Waals surface area contributed by atoms with Gasteiger partial charge in [-0.25, -0.2) is 0 Å². The summed E-state index contributed by atoms with van der Waals surface area (Å²) in [5.74, 6) is 1.33. The first kappa shape index (κ1) is 11.3. The summed E-state index contributed by atoms with van der Waals surface area (Å²) in [6.45, 7) is 0. The maximum atomic E-state index is 9.73. The quantitative estimate of drug-likeness (QED) is 0.806. The number of hydrogen-bond acceptors (Lipinski definition) is 2. The molecule has 1 aromatic carbocycles. The summed E-state index contributed by atoms with van der Waals surface area (Å²) in [6, 6.07) is 3.95. The maximum Gasteiger partial charge on any atom is 0.220 e. The molecule has 1 aromatic rings. The van der Waals surface area contributed by atoms with Crippen LogP contribution in [0.2, 0.25) is 0 Å². The number of methoxy groups -OCH3 is 1. The number of phenols is 1. The third-order valence-corrected chi connectivity index (χ3v) is 3.47. The summed E-state index contributed by atoms with van der Waals surface area (Å²) < 4.78 is 5.17. The first-order valence-electron chi connectivity index (χ1n) is 5.95. The van der Waals surface area contributed by atoms with Crippen LogP contribution in [0.4, 0.5) is 5.69 Å². The number of hydrogen-bond donors (Lipinski definition) is 2. The van der Waals surface area contributed by atoms with Crippen molar-refractivity contribution in [3.05, 3.63) is 17.7 Å². The highest BCUT2D eigenvalue weighted by Crippen LogP contribution is 2.39. The molecular weight excluding hydrogens is 202 g/mol. The predicted octanol–water partition coefficient (Wildman–Crippen LogP) is 2.32. The van der Waals surface area contributed by atoms with Gasteiger partial charge in [-0.3, -0.25) is 0 Å². The van der Waals surface area contributed by atoms with Gasteiger partial charge in [0.1, 0.15) is 0 Å². The zero-order chi connectivity index (χ0) is 11.5. The zero-order valence-electron chi connectivity index (χ0n) is 9.83. The molecule has 3 heteroatoms. The van der Waals surface area contributed by atoms with Crippen molar-refractivity contribution in [3.63, 3.8) is 0 Å². The Balaban J connectivity index is 2.29. The van der Waals surface area contributed by atoms with E-state index in [-0.39, 0.29) is 5.75 Å². The van der Waals surface area contributed by atoms with Crippen LogP contribution in [0.5, 0.6) is 11.5 Å². The Morgan fingerprint density at radius 1 is 1.25 bits per heavy atom. The van der Waals surface area contributed by atoms with Crippen molar-refractivity contribution in [2.75, 3.05) is 7.11 Å². The highest BCUT2D eigenvalue weighted by atomic mass is 16.5. The van der Waals surface area contributed by atoms with Gasteiger partial charge in [0.25, 0.3) is 0 Å². The van der Waals surface area contributed by atoms with Gasteiger partial charge >= 0.3 is 0 Å². The van der Waals surface area contributed by atoms with Crippen LogP contribution in [0.15, 0.2) is 12.1 Å². The molecule has 0 spiro atoms. The lowest BCUT2D eigenvalue weighted by Crippen LogP contribution is -2.40. The molecule has 1 saturated carbocycles. The molecule has 1 aliphatic rings. The first-order valence-corrected chi connectivity index (χ1v) is 5.95. The van der Waals surface area contributed by atoms with Gasteiger partial charge in [0.2, 0.25) is 5.75 Å². The van der Waals surface area contributed by atoms with Crippen LogP contribution in [0.1, 0.15) is 43.6 Å². The van der Waals surface area contributed by atoms with Gasteiger partial charge in [0.05, 0.1) is 7.11 Å². The van der Waals surface area contributed by atoms with Crippen molar-refractivity contribution < 1.29 is 15.6 Å². The van der Waals surface area contributed by atoms with E-state index in [0.29, 0.717) is 17.4 Å². The Kier molecular flexibility index (Phi) is 3.34. The lowest BCUT2D eigenvalue weighted by molar-refractivity contribution is -0.256. The van der Waals surface area contributed by atoms with Crippen molar-refractivity contribution in [3.8, 4) is 11.5 Å². The Labute approximate surface area is 96.2 Å². The van der Waals surface area contributed by atoms with Gasteiger partial charge in [-0.2, -0.15) is 0 Å². The van der Waals surface area contributed by atoms with Crippen molar-refractivity contribution in [1.29, 1.82) is 0 Å². The van der Waals surface area contributed by atoms with Crippen LogP contribution >= 0.6 is 0 Å². The van der Waals surface area contributed by atoms with Gasteiger partial charge in [-0.15, -0.1) is 0 Å². The van der Waals surface area contributed by atoms with E-state index in [0.717, 1.165) is 0 Å². The molecule has 0 unspecified atom stereocenters. The number of ether oxygens (including phenoxy) is 1. The molecule has 16 heavy (non-hydrogen) atoms. The molecule has 0 heterocycles. The lowest BCUT2D eigenvalue weighted by Gasteiger charge is -2.22. The monoisotopic (exact) mass is 222 g/mol. The second-order valence-electron chi connectivity index (χ2n) is 4.57. The topological polar surface area (TPSA) is 57.1 Å². The van der Waals surface area contributed by atoms with Gasteiger partial charge < -0.3 is 15.6 Å². The van der Waals surface area contributed by atoms with E-state index in [9.17, 15) is 5.11 Å². The second-order valence-corrected chi connectivity index (χ2v) is 4.57. The molecule has 0 atom stereocenters. The molecule has 0 saturated heterocycles. The van der Waals surface area contributed by atoms with Crippen LogP contribution in [0, 0.1) is 0 Å². The molecular formula is C13H20NO2+. The Bertz CT molecular complexity index is 370. The largest absolute Gasteiger partial charge is 0.500 e. The fourth-order valence-corrected chi connectivity index (χ4v) is 2.52. The Morgan fingerprint density at radius 3 is 2.56 bits per heavy atom. The van der Waals surface area contributed by atoms with Crippen LogP contribution in [0.25, 0.3) is 0 Å². The molecule has 0 radical (unpaired) electrons. The molecule has 3 nitrogen and oxygen atoms in total. The second kappa shape index (κ2) is 4.74. The average molecular weight is 222 g/mol. The summed E-state index contributed by atoms with van der Waals surface area (Å²) in [5, 5.41) is 9.73. The average Bonchev–Trinajstić information content (AvgIpc) is 2.33. The summed E-state index contributed by atoms with van der Waals surface area (Å²) >= 11 is 0. The smallest absolute Gasteiger partial charge is 0.220 e. The van der Waals surface area contributed by atoms with E-state index in [1.54, 1.807) is 7.11 Å². The normalized spacial score (nSPS) is 17.4. The molecule has 0 amide bonds. The minimum atomic E-state index is 0.169. The number of quaternary nitrogens is 1. The number of rotatable bonds is 2. The Morgan fingerprint density at radius 2 is 1.94 bits per heavy atom. The SMILES string of the molecule is COc1cc(C2CCCCC2)cc([NH3+])c1O. The van der Waals surface area contributed by atoms with Crippen molar-refractivity contribution in [1.82, 2.24) is 0 Å². The van der Waals surface area contributed by atoms with Crippen molar-refractivity contribution >= 4 is 5.69 Å². The van der Waals surface area contributed by atoms with E-state index in [1.807, 2.05) is 12.1 Å². The number of phenolic OH excluding ortho intramolecular Hbond substituents is 1. The fraction of sp³-hybridized carbons (Fsp3) is 0.538. The first-order chi connectivity index (χ1) is 7.72. The summed E-state index contributed by atoms with van der Waals surface area (Å²) in [6.07, 6.45) is 6.45. The van der Waals surface area contributed by atoms with Gasteiger partial charge in [0.15, 0.2) is 11.4 Å². The van der Waals surface area contributed by atoms with E-state index in [4.69, 9.17) is 4.74 Å². The van der Waals surface area contributed by atoms with Crippen molar-refractivity contribution in [2.24, 2.45) is 0 Å². The minimum Gasteiger partial charge on any atom is -0.500 e. The molecule has 4 N–H and O–H groups in total. The molecule has 0 bridgehead atoms. The minimum absolute atomic E-state index is 0.169. The predicted molar refractivity (Wildman–Crippen MR) is 63.0 cm³/mol. The summed E-state index contributed by atoms with van der Waals surface area (Å²) in [5.41, 5.74) is 5.78. The Hall–Kier alpha value is -1.22.